The van der Waals surface area contributed by atoms with Crippen LogP contribution in [0.5, 0.6) is 0 Å². The van der Waals surface area contributed by atoms with Crippen molar-refractivity contribution in [2.75, 3.05) is 0 Å². The summed E-state index contributed by atoms with van der Waals surface area (Å²) in [4.78, 5) is 3.56. The molecule has 1 nitrogen and oxygen atoms in total. The third-order valence-electron chi connectivity index (χ3n) is 3.80. The molecule has 0 aromatic carbocycles. The first kappa shape index (κ1) is 16.7. The zero-order valence-electron chi connectivity index (χ0n) is 12.0. The molecule has 0 heterocycles. The summed E-state index contributed by atoms with van der Waals surface area (Å²) in [5.74, 6) is 0.442. The highest BCUT2D eigenvalue weighted by Gasteiger charge is 2.36. The van der Waals surface area contributed by atoms with Crippen LogP contribution < -0.4 is 0 Å². The Morgan fingerprint density at radius 1 is 1.41 bits per heavy atom. The van der Waals surface area contributed by atoms with E-state index in [0.29, 0.717) is 5.92 Å². The molecule has 17 heavy (non-hydrogen) atoms. The quantitative estimate of drug-likeness (QED) is 0.343. The number of hydrogen-bond donors (Lipinski definition) is 0. The minimum absolute atomic E-state index is 0.259. The van der Waals surface area contributed by atoms with E-state index in [4.69, 9.17) is 6.57 Å². The fourth-order valence-corrected chi connectivity index (χ4v) is 1.93. The molecule has 0 amide bonds. The molecular formula is C15H25IN+. The molecule has 2 heteroatoms. The van der Waals surface area contributed by atoms with Crippen LogP contribution in [0.2, 0.25) is 0 Å². The molecule has 0 saturated carbocycles. The Labute approximate surface area is 120 Å². The first-order chi connectivity index (χ1) is 7.53. The van der Waals surface area contributed by atoms with Crippen LogP contribution in [0.25, 0.3) is 4.85 Å². The van der Waals surface area contributed by atoms with Crippen molar-refractivity contribution in [3.63, 3.8) is 0 Å². The number of nitrogens with zero attached hydrogens (tertiary/aromatic N) is 1. The standard InChI is InChI=1S/C15H25IN/c1-11(13(3)12(2)10-17-8)9-14(4,5)15(6,7)16/h8,10-11H,3,9H2,1-2,4-7H3/q+1/b12-10+/t11-/m0/s1. The zero-order chi connectivity index (χ0) is 13.9. The second-order valence-corrected chi connectivity index (χ2v) is 8.64. The highest BCUT2D eigenvalue weighted by atomic mass is 127. The van der Waals surface area contributed by atoms with Crippen molar-refractivity contribution in [2.24, 2.45) is 11.3 Å². The smallest absolute Gasteiger partial charge is 0.0950 e. The van der Waals surface area contributed by atoms with Crippen molar-refractivity contribution in [1.29, 1.82) is 0 Å². The lowest BCUT2D eigenvalue weighted by atomic mass is 9.72. The van der Waals surface area contributed by atoms with Gasteiger partial charge in [0.15, 0.2) is 0 Å². The molecule has 0 saturated heterocycles. The highest BCUT2D eigenvalue weighted by molar-refractivity contribution is 14.1. The molecule has 0 fully saturated rings. The van der Waals surface area contributed by atoms with E-state index in [1.165, 1.54) is 0 Å². The van der Waals surface area contributed by atoms with Gasteiger partial charge in [-0.2, -0.15) is 0 Å². The predicted octanol–water partition coefficient (Wildman–Crippen LogP) is 5.68. The summed E-state index contributed by atoms with van der Waals surface area (Å²) in [6.45, 7) is 22.7. The van der Waals surface area contributed by atoms with E-state index in [-0.39, 0.29) is 8.84 Å². The van der Waals surface area contributed by atoms with E-state index in [0.717, 1.165) is 17.6 Å². The van der Waals surface area contributed by atoms with Gasteiger partial charge in [0.1, 0.15) is 0 Å². The third kappa shape index (κ3) is 4.83. The molecule has 0 aromatic rings. The molecule has 0 unspecified atom stereocenters. The summed E-state index contributed by atoms with van der Waals surface area (Å²) >= 11 is 2.53. The molecule has 0 radical (unpaired) electrons. The lowest BCUT2D eigenvalue weighted by Crippen LogP contribution is -2.34. The van der Waals surface area contributed by atoms with Gasteiger partial charge in [0.05, 0.1) is 0 Å². The van der Waals surface area contributed by atoms with Gasteiger partial charge in [-0.25, -0.2) is 0 Å². The molecule has 96 valence electrons. The van der Waals surface area contributed by atoms with E-state index in [1.54, 1.807) is 6.20 Å². The molecule has 0 aliphatic rings. The molecule has 1 atom stereocenters. The van der Waals surface area contributed by atoms with Crippen LogP contribution >= 0.6 is 22.6 Å². The molecule has 0 aromatic heterocycles. The van der Waals surface area contributed by atoms with Crippen LogP contribution in [-0.4, -0.2) is 3.42 Å². The summed E-state index contributed by atoms with van der Waals surface area (Å²) in [5, 5.41) is 0. The Morgan fingerprint density at radius 2 is 1.88 bits per heavy atom. The monoisotopic (exact) mass is 346 g/mol. The number of alkyl halides is 1. The Bertz CT molecular complexity index is 350. The maximum absolute atomic E-state index is 5.17. The largest absolute Gasteiger partial charge is 0.308 e. The molecular weight excluding hydrogens is 321 g/mol. The SMILES string of the molecule is C#[N+]/C=C(\C)C(=C)[C@@H](C)CC(C)(C)C(C)(C)I. The van der Waals surface area contributed by atoms with Crippen molar-refractivity contribution >= 4 is 22.6 Å². The van der Waals surface area contributed by atoms with Crippen molar-refractivity contribution in [3.8, 4) is 6.57 Å². The first-order valence-corrected chi connectivity index (χ1v) is 7.05. The van der Waals surface area contributed by atoms with Crippen LogP contribution in [0, 0.1) is 17.9 Å². The van der Waals surface area contributed by atoms with E-state index < -0.39 is 0 Å². The van der Waals surface area contributed by atoms with Crippen LogP contribution in [0.3, 0.4) is 0 Å². The molecule has 0 N–H and O–H groups in total. The summed E-state index contributed by atoms with van der Waals surface area (Å²) in [6.07, 6.45) is 2.79. The Hall–Kier alpha value is -0.300. The van der Waals surface area contributed by atoms with Crippen molar-refractivity contribution < 1.29 is 0 Å². The van der Waals surface area contributed by atoms with E-state index >= 15 is 0 Å². The summed E-state index contributed by atoms with van der Waals surface area (Å²) in [6, 6.07) is 0. The molecule has 0 aliphatic heterocycles. The summed E-state index contributed by atoms with van der Waals surface area (Å²) in [7, 11) is 0. The predicted molar refractivity (Wildman–Crippen MR) is 86.9 cm³/mol. The second-order valence-electron chi connectivity index (χ2n) is 5.95. The van der Waals surface area contributed by atoms with Crippen LogP contribution in [0.1, 0.15) is 48.0 Å². The van der Waals surface area contributed by atoms with E-state index in [9.17, 15) is 0 Å². The van der Waals surface area contributed by atoms with Crippen molar-refractivity contribution in [3.05, 3.63) is 28.8 Å². The third-order valence-corrected chi connectivity index (χ3v) is 5.26. The molecule has 0 rings (SSSR count). The summed E-state index contributed by atoms with van der Waals surface area (Å²) in [5.41, 5.74) is 2.46. The fourth-order valence-electron chi connectivity index (χ4n) is 1.71. The minimum Gasteiger partial charge on any atom is -0.0950 e. The maximum Gasteiger partial charge on any atom is 0.308 e. The first-order valence-electron chi connectivity index (χ1n) is 5.98. The normalized spacial score (nSPS) is 15.3. The van der Waals surface area contributed by atoms with Gasteiger partial charge in [0, 0.05) is 8.99 Å². The van der Waals surface area contributed by atoms with Crippen LogP contribution in [0.15, 0.2) is 23.9 Å². The zero-order valence-corrected chi connectivity index (χ0v) is 14.1. The van der Waals surface area contributed by atoms with Crippen molar-refractivity contribution in [2.45, 2.75) is 51.4 Å². The molecule has 0 bridgehead atoms. The lowest BCUT2D eigenvalue weighted by molar-refractivity contribution is 0.245. The number of rotatable bonds is 5. The van der Waals surface area contributed by atoms with E-state index in [2.05, 4.69) is 68.6 Å². The second kappa shape index (κ2) is 6.04. The van der Waals surface area contributed by atoms with E-state index in [1.807, 2.05) is 6.92 Å². The topological polar surface area (TPSA) is 4.36 Å². The molecule has 0 spiro atoms. The Balaban J connectivity index is 4.79. The minimum atomic E-state index is 0.259. The molecule has 0 aliphatic carbocycles. The number of hydrogen-bond acceptors (Lipinski definition) is 0. The number of allylic oxidation sites excluding steroid dienone is 2. The fraction of sp³-hybridized carbons (Fsp3) is 0.667. The lowest BCUT2D eigenvalue weighted by Gasteiger charge is -2.39. The average Bonchev–Trinajstić information content (AvgIpc) is 2.14. The van der Waals surface area contributed by atoms with Gasteiger partial charge >= 0.3 is 6.20 Å². The Kier molecular flexibility index (Phi) is 5.93. The van der Waals surface area contributed by atoms with Gasteiger partial charge < -0.3 is 0 Å². The summed E-state index contributed by atoms with van der Waals surface area (Å²) < 4.78 is 0.259. The maximum atomic E-state index is 5.17. The van der Waals surface area contributed by atoms with Gasteiger partial charge in [-0.05, 0) is 35.1 Å². The van der Waals surface area contributed by atoms with Gasteiger partial charge in [0.2, 0.25) is 0 Å². The van der Waals surface area contributed by atoms with Crippen LogP contribution in [-0.2, 0) is 0 Å². The number of halogens is 1. The van der Waals surface area contributed by atoms with Gasteiger partial charge in [-0.1, -0.05) is 63.8 Å². The van der Waals surface area contributed by atoms with Gasteiger partial charge in [0.25, 0.3) is 6.57 Å². The van der Waals surface area contributed by atoms with Crippen molar-refractivity contribution in [1.82, 2.24) is 0 Å². The van der Waals surface area contributed by atoms with Gasteiger partial charge in [-0.3, -0.25) is 0 Å². The van der Waals surface area contributed by atoms with Gasteiger partial charge in [-0.15, -0.1) is 0 Å². The van der Waals surface area contributed by atoms with Crippen LogP contribution in [0.4, 0.5) is 0 Å². The highest BCUT2D eigenvalue weighted by Crippen LogP contribution is 2.44. The average molecular weight is 346 g/mol. The Morgan fingerprint density at radius 3 is 2.24 bits per heavy atom.